The van der Waals surface area contributed by atoms with Crippen LogP contribution in [0.2, 0.25) is 0 Å². The molecule has 1 saturated carbocycles. The van der Waals surface area contributed by atoms with E-state index in [1.165, 1.54) is 25.6 Å². The molecule has 3 unspecified atom stereocenters. The normalized spacial score (nSPS) is 23.3. The molecule has 4 rings (SSSR count). The van der Waals surface area contributed by atoms with Crippen LogP contribution in [-0.4, -0.2) is 33.3 Å². The number of esters is 1. The molecular formula is C21H29N5O3. The van der Waals surface area contributed by atoms with Crippen LogP contribution in [-0.2, 0) is 14.3 Å². The van der Waals surface area contributed by atoms with Crippen molar-refractivity contribution in [1.29, 1.82) is 5.26 Å². The van der Waals surface area contributed by atoms with E-state index >= 15 is 0 Å². The molecule has 3 heterocycles. The third kappa shape index (κ3) is 4.67. The molecule has 156 valence electrons. The van der Waals surface area contributed by atoms with Crippen molar-refractivity contribution < 1.29 is 14.3 Å². The molecule has 29 heavy (non-hydrogen) atoms. The fraction of sp³-hybridized carbons (Fsp3) is 0.619. The second-order valence-electron chi connectivity index (χ2n) is 7.84. The summed E-state index contributed by atoms with van der Waals surface area (Å²) in [4.78, 5) is 16.4. The number of fused-ring (bicyclic) bond motifs is 1. The predicted octanol–water partition coefficient (Wildman–Crippen LogP) is 3.43. The van der Waals surface area contributed by atoms with Crippen molar-refractivity contribution in [2.45, 2.75) is 64.1 Å². The lowest BCUT2D eigenvalue weighted by molar-refractivity contribution is -0.154. The molecule has 1 aliphatic carbocycles. The summed E-state index contributed by atoms with van der Waals surface area (Å²) in [7, 11) is 0. The molecule has 3 atom stereocenters. The number of aromatic nitrogens is 3. The van der Waals surface area contributed by atoms with E-state index in [1.807, 2.05) is 19.1 Å². The van der Waals surface area contributed by atoms with E-state index in [0.29, 0.717) is 18.3 Å². The molecule has 1 aliphatic heterocycles. The van der Waals surface area contributed by atoms with Crippen LogP contribution >= 0.6 is 0 Å². The van der Waals surface area contributed by atoms with E-state index in [4.69, 9.17) is 20.5 Å². The number of ether oxygens (including phenoxy) is 2. The van der Waals surface area contributed by atoms with Gasteiger partial charge in [-0.1, -0.05) is 26.2 Å². The maximum atomic E-state index is 12.4. The number of nitrogens with two attached hydrogens (primary N) is 1. The van der Waals surface area contributed by atoms with E-state index in [2.05, 4.69) is 16.7 Å². The number of rotatable bonds is 5. The molecule has 0 amide bonds. The lowest BCUT2D eigenvalue weighted by Crippen LogP contribution is -2.27. The molecule has 0 spiro atoms. The van der Waals surface area contributed by atoms with Crippen LogP contribution in [0.4, 0.5) is 5.82 Å². The van der Waals surface area contributed by atoms with Crippen molar-refractivity contribution in [2.24, 2.45) is 11.8 Å². The van der Waals surface area contributed by atoms with Gasteiger partial charge in [-0.25, -0.2) is 14.8 Å². The zero-order chi connectivity index (χ0) is 20.8. The topological polar surface area (TPSA) is 116 Å². The van der Waals surface area contributed by atoms with E-state index in [0.717, 1.165) is 36.9 Å². The third-order valence-corrected chi connectivity index (χ3v) is 6.09. The molecule has 0 radical (unpaired) electrons. The summed E-state index contributed by atoms with van der Waals surface area (Å²) in [6.07, 6.45) is 9.09. The fourth-order valence-electron chi connectivity index (χ4n) is 4.40. The standard InChI is InChI=1S/C20H28N4O3.CHN/c1-13(14-5-3-2-4-6-14)20(25)26-11-15-7-10-18(27-15)16-8-9-17-19(21)22-12-23-24(16)17;1-2/h8-9,12-15,18H,2-7,10-11H2,1H3,(H2,21,22,23);1H. The van der Waals surface area contributed by atoms with Gasteiger partial charge in [0, 0.05) is 6.57 Å². The maximum absolute atomic E-state index is 12.4. The molecule has 2 aromatic rings. The number of carbonyl (C=O) groups excluding carboxylic acids is 1. The van der Waals surface area contributed by atoms with Gasteiger partial charge >= 0.3 is 5.97 Å². The number of nitrogen functional groups attached to an aromatic ring is 1. The van der Waals surface area contributed by atoms with Crippen molar-refractivity contribution in [1.82, 2.24) is 14.6 Å². The Balaban J connectivity index is 0.00000117. The Bertz CT molecular complexity index is 843. The minimum absolute atomic E-state index is 0.0169. The van der Waals surface area contributed by atoms with Crippen molar-refractivity contribution in [3.05, 3.63) is 24.2 Å². The minimum Gasteiger partial charge on any atom is -0.463 e. The zero-order valence-corrected chi connectivity index (χ0v) is 16.9. The summed E-state index contributed by atoms with van der Waals surface area (Å²) in [5.41, 5.74) is 7.64. The highest BCUT2D eigenvalue weighted by atomic mass is 16.6. The molecule has 8 nitrogen and oxygen atoms in total. The molecule has 0 aromatic carbocycles. The van der Waals surface area contributed by atoms with Crippen LogP contribution in [0.15, 0.2) is 18.5 Å². The average molecular weight is 399 g/mol. The van der Waals surface area contributed by atoms with E-state index in [1.54, 1.807) is 4.52 Å². The highest BCUT2D eigenvalue weighted by Crippen LogP contribution is 2.34. The Morgan fingerprint density at radius 1 is 1.31 bits per heavy atom. The summed E-state index contributed by atoms with van der Waals surface area (Å²) in [5, 5.41) is 10.8. The summed E-state index contributed by atoms with van der Waals surface area (Å²) in [6.45, 7) is 5.83. The second-order valence-corrected chi connectivity index (χ2v) is 7.84. The quantitative estimate of drug-likeness (QED) is 0.766. The number of anilines is 1. The van der Waals surface area contributed by atoms with Gasteiger partial charge in [-0.2, -0.15) is 5.10 Å². The van der Waals surface area contributed by atoms with Gasteiger partial charge in [0.25, 0.3) is 0 Å². The first-order valence-electron chi connectivity index (χ1n) is 10.3. The average Bonchev–Trinajstić information content (AvgIpc) is 3.41. The highest BCUT2D eigenvalue weighted by molar-refractivity contribution is 5.72. The van der Waals surface area contributed by atoms with E-state index in [-0.39, 0.29) is 24.1 Å². The van der Waals surface area contributed by atoms with Gasteiger partial charge < -0.3 is 15.2 Å². The SMILES string of the molecule is C#N.CC(C(=O)OCC1CCC(c2ccc3c(N)ncnn23)O1)C1CCCCC1. The van der Waals surface area contributed by atoms with E-state index < -0.39 is 0 Å². The van der Waals surface area contributed by atoms with Crippen LogP contribution in [0.25, 0.3) is 5.52 Å². The van der Waals surface area contributed by atoms with Gasteiger partial charge in [0.15, 0.2) is 5.82 Å². The number of nitriles is 1. The van der Waals surface area contributed by atoms with E-state index in [9.17, 15) is 4.79 Å². The molecule has 1 saturated heterocycles. The van der Waals surface area contributed by atoms with Crippen molar-refractivity contribution in [3.8, 4) is 6.57 Å². The van der Waals surface area contributed by atoms with Gasteiger partial charge in [-0.3, -0.25) is 4.79 Å². The Morgan fingerprint density at radius 2 is 2.07 bits per heavy atom. The summed E-state index contributed by atoms with van der Waals surface area (Å²) in [5.74, 6) is 0.830. The Labute approximate surface area is 171 Å². The highest BCUT2D eigenvalue weighted by Gasteiger charge is 2.31. The lowest BCUT2D eigenvalue weighted by Gasteiger charge is -2.26. The minimum atomic E-state index is -0.0809. The van der Waals surface area contributed by atoms with Crippen LogP contribution < -0.4 is 5.73 Å². The summed E-state index contributed by atoms with van der Waals surface area (Å²) >= 11 is 0. The summed E-state index contributed by atoms with van der Waals surface area (Å²) in [6, 6.07) is 3.89. The Kier molecular flexibility index (Phi) is 7.04. The van der Waals surface area contributed by atoms with Gasteiger partial charge in [-0.05, 0) is 43.7 Å². The zero-order valence-electron chi connectivity index (χ0n) is 16.9. The van der Waals surface area contributed by atoms with Crippen LogP contribution in [0.5, 0.6) is 0 Å². The maximum Gasteiger partial charge on any atom is 0.309 e. The molecule has 2 N–H and O–H groups in total. The largest absolute Gasteiger partial charge is 0.463 e. The number of hydrogen-bond donors (Lipinski definition) is 1. The van der Waals surface area contributed by atoms with Crippen molar-refractivity contribution in [2.75, 3.05) is 12.3 Å². The molecule has 0 bridgehead atoms. The number of hydrogen-bond acceptors (Lipinski definition) is 7. The third-order valence-electron chi connectivity index (χ3n) is 6.09. The predicted molar refractivity (Wildman–Crippen MR) is 108 cm³/mol. The molecule has 2 fully saturated rings. The Morgan fingerprint density at radius 3 is 2.83 bits per heavy atom. The van der Waals surface area contributed by atoms with Gasteiger partial charge in [0.05, 0.1) is 17.7 Å². The second kappa shape index (κ2) is 9.70. The molecule has 8 heteroatoms. The van der Waals surface area contributed by atoms with Gasteiger partial charge in [-0.15, -0.1) is 0 Å². The number of carbonyl (C=O) groups is 1. The van der Waals surface area contributed by atoms with Crippen LogP contribution in [0, 0.1) is 23.7 Å². The summed E-state index contributed by atoms with van der Waals surface area (Å²) < 4.78 is 13.5. The first-order valence-corrected chi connectivity index (χ1v) is 10.3. The van der Waals surface area contributed by atoms with Crippen LogP contribution in [0.3, 0.4) is 0 Å². The molecule has 2 aromatic heterocycles. The first kappa shape index (κ1) is 21.1. The van der Waals surface area contributed by atoms with Gasteiger partial charge in [0.2, 0.25) is 0 Å². The molecule has 2 aliphatic rings. The lowest BCUT2D eigenvalue weighted by atomic mass is 9.81. The van der Waals surface area contributed by atoms with Crippen molar-refractivity contribution in [3.63, 3.8) is 0 Å². The Hall–Kier alpha value is -2.66. The van der Waals surface area contributed by atoms with Crippen LogP contribution in [0.1, 0.15) is 63.7 Å². The number of nitrogens with zero attached hydrogens (tertiary/aromatic N) is 4. The fourth-order valence-corrected chi connectivity index (χ4v) is 4.40. The monoisotopic (exact) mass is 399 g/mol. The van der Waals surface area contributed by atoms with Gasteiger partial charge in [0.1, 0.15) is 24.6 Å². The smallest absolute Gasteiger partial charge is 0.309 e. The first-order chi connectivity index (χ1) is 14.1. The molecular weight excluding hydrogens is 370 g/mol. The van der Waals surface area contributed by atoms with Crippen molar-refractivity contribution >= 4 is 17.3 Å².